The lowest BCUT2D eigenvalue weighted by Gasteiger charge is -2.29. The van der Waals surface area contributed by atoms with Crippen LogP contribution in [0.4, 0.5) is 0 Å². The van der Waals surface area contributed by atoms with Crippen molar-refractivity contribution in [3.63, 3.8) is 0 Å². The summed E-state index contributed by atoms with van der Waals surface area (Å²) < 4.78 is 10.5. The zero-order chi connectivity index (χ0) is 16.3. The zero-order valence-corrected chi connectivity index (χ0v) is 14.7. The van der Waals surface area contributed by atoms with Gasteiger partial charge in [-0.25, -0.2) is 0 Å². The van der Waals surface area contributed by atoms with E-state index < -0.39 is 5.54 Å². The van der Waals surface area contributed by atoms with Crippen molar-refractivity contribution < 1.29 is 14.3 Å². The minimum atomic E-state index is -0.583. The number of hydrogen-bond donors (Lipinski definition) is 1. The molecule has 126 valence electrons. The van der Waals surface area contributed by atoms with E-state index in [9.17, 15) is 4.79 Å². The third kappa shape index (κ3) is 9.06. The van der Waals surface area contributed by atoms with Crippen molar-refractivity contribution >= 4 is 5.97 Å². The molecular weight excluding hydrogens is 268 g/mol. The molecule has 1 N–H and O–H groups in total. The Morgan fingerprint density at radius 3 is 2.52 bits per heavy atom. The predicted molar refractivity (Wildman–Crippen MR) is 86.5 cm³/mol. The molecule has 0 aromatic heterocycles. The van der Waals surface area contributed by atoms with Gasteiger partial charge < -0.3 is 19.7 Å². The molecule has 0 spiro atoms. The normalized spacial score (nSPS) is 14.5. The van der Waals surface area contributed by atoms with Crippen molar-refractivity contribution in [2.75, 3.05) is 40.4 Å². The second-order valence-corrected chi connectivity index (χ2v) is 6.08. The van der Waals surface area contributed by atoms with Gasteiger partial charge in [-0.2, -0.15) is 0 Å². The molecule has 1 atom stereocenters. The van der Waals surface area contributed by atoms with E-state index in [1.807, 2.05) is 20.8 Å². The lowest BCUT2D eigenvalue weighted by atomic mass is 9.95. The quantitative estimate of drug-likeness (QED) is 0.559. The molecule has 0 radical (unpaired) electrons. The van der Waals surface area contributed by atoms with E-state index in [2.05, 4.69) is 24.2 Å². The molecule has 0 aliphatic rings. The highest BCUT2D eigenvalue weighted by molar-refractivity contribution is 5.80. The molecule has 1 unspecified atom stereocenters. The maximum Gasteiger partial charge on any atom is 0.325 e. The van der Waals surface area contributed by atoms with E-state index in [1.54, 1.807) is 0 Å². The van der Waals surface area contributed by atoms with Gasteiger partial charge in [-0.05, 0) is 60.2 Å². The number of likely N-dealkylation sites (N-methyl/N-ethyl adjacent to an activating group) is 1. The van der Waals surface area contributed by atoms with Gasteiger partial charge in [0.25, 0.3) is 0 Å². The summed E-state index contributed by atoms with van der Waals surface area (Å²) in [5.41, 5.74) is -0.583. The molecule has 0 saturated heterocycles. The van der Waals surface area contributed by atoms with Gasteiger partial charge in [0.2, 0.25) is 0 Å². The van der Waals surface area contributed by atoms with E-state index in [4.69, 9.17) is 9.47 Å². The average molecular weight is 302 g/mol. The van der Waals surface area contributed by atoms with Crippen LogP contribution in [0.2, 0.25) is 0 Å². The standard InChI is InChI=1S/C16H34N2O3/c1-7-10-17-16(4,15(19)20-6)9-8-11-18(5)12-13-21-14(2)3/h14,17H,7-13H2,1-6H3. The van der Waals surface area contributed by atoms with E-state index in [0.29, 0.717) is 0 Å². The lowest BCUT2D eigenvalue weighted by Crippen LogP contribution is -2.50. The van der Waals surface area contributed by atoms with Gasteiger partial charge in [-0.3, -0.25) is 4.79 Å². The summed E-state index contributed by atoms with van der Waals surface area (Å²) in [5, 5.41) is 3.31. The predicted octanol–water partition coefficient (Wildman–Crippen LogP) is 2.05. The molecule has 5 nitrogen and oxygen atoms in total. The first-order valence-electron chi connectivity index (χ1n) is 7.99. The smallest absolute Gasteiger partial charge is 0.325 e. The number of rotatable bonds is 12. The summed E-state index contributed by atoms with van der Waals surface area (Å²) in [5.74, 6) is -0.179. The Hall–Kier alpha value is -0.650. The van der Waals surface area contributed by atoms with Crippen LogP contribution >= 0.6 is 0 Å². The van der Waals surface area contributed by atoms with Crippen LogP contribution in [-0.2, 0) is 14.3 Å². The second-order valence-electron chi connectivity index (χ2n) is 6.08. The maximum atomic E-state index is 11.9. The number of esters is 1. The summed E-state index contributed by atoms with van der Waals surface area (Å²) in [6, 6.07) is 0. The lowest BCUT2D eigenvalue weighted by molar-refractivity contribution is -0.148. The molecule has 0 aromatic carbocycles. The number of carbonyl (C=O) groups is 1. The summed E-state index contributed by atoms with van der Waals surface area (Å²) in [4.78, 5) is 14.2. The average Bonchev–Trinajstić information content (AvgIpc) is 2.43. The van der Waals surface area contributed by atoms with Crippen LogP contribution in [0, 0.1) is 0 Å². The van der Waals surface area contributed by atoms with E-state index >= 15 is 0 Å². The molecule has 0 aliphatic carbocycles. The van der Waals surface area contributed by atoms with Crippen molar-refractivity contribution in [3.8, 4) is 0 Å². The summed E-state index contributed by atoms with van der Waals surface area (Å²) >= 11 is 0. The summed E-state index contributed by atoms with van der Waals surface area (Å²) in [7, 11) is 3.53. The highest BCUT2D eigenvalue weighted by atomic mass is 16.5. The molecule has 5 heteroatoms. The Morgan fingerprint density at radius 2 is 2.00 bits per heavy atom. The van der Waals surface area contributed by atoms with Crippen molar-refractivity contribution in [1.29, 1.82) is 0 Å². The zero-order valence-electron chi connectivity index (χ0n) is 14.7. The highest BCUT2D eigenvalue weighted by Gasteiger charge is 2.32. The first-order valence-corrected chi connectivity index (χ1v) is 7.99. The molecule has 21 heavy (non-hydrogen) atoms. The van der Waals surface area contributed by atoms with Gasteiger partial charge in [0.05, 0.1) is 19.8 Å². The van der Waals surface area contributed by atoms with Crippen molar-refractivity contribution in [2.45, 2.75) is 58.6 Å². The Labute approximate surface area is 130 Å². The fourth-order valence-corrected chi connectivity index (χ4v) is 2.15. The minimum Gasteiger partial charge on any atom is -0.468 e. The van der Waals surface area contributed by atoms with Crippen molar-refractivity contribution in [3.05, 3.63) is 0 Å². The highest BCUT2D eigenvalue weighted by Crippen LogP contribution is 2.15. The first kappa shape index (κ1) is 20.3. The molecular formula is C16H34N2O3. The Balaban J connectivity index is 4.09. The number of nitrogens with one attached hydrogen (secondary N) is 1. The van der Waals surface area contributed by atoms with Crippen LogP contribution in [0.1, 0.15) is 47.0 Å². The molecule has 0 bridgehead atoms. The van der Waals surface area contributed by atoms with Gasteiger partial charge in [-0.15, -0.1) is 0 Å². The summed E-state index contributed by atoms with van der Waals surface area (Å²) in [6.45, 7) is 11.5. The van der Waals surface area contributed by atoms with Gasteiger partial charge in [0, 0.05) is 6.54 Å². The molecule has 0 fully saturated rings. The molecule has 0 amide bonds. The SMILES string of the molecule is CCCNC(C)(CCCN(C)CCOC(C)C)C(=O)OC. The maximum absolute atomic E-state index is 11.9. The number of nitrogens with zero attached hydrogens (tertiary/aromatic N) is 1. The Kier molecular flexibility index (Phi) is 10.6. The number of carbonyl (C=O) groups excluding carboxylic acids is 1. The van der Waals surface area contributed by atoms with Gasteiger partial charge in [0.1, 0.15) is 5.54 Å². The number of hydrogen-bond acceptors (Lipinski definition) is 5. The van der Waals surface area contributed by atoms with Crippen molar-refractivity contribution in [2.24, 2.45) is 0 Å². The first-order chi connectivity index (χ1) is 9.85. The van der Waals surface area contributed by atoms with Gasteiger partial charge in [0.15, 0.2) is 0 Å². The molecule has 0 heterocycles. The van der Waals surface area contributed by atoms with Gasteiger partial charge in [-0.1, -0.05) is 6.92 Å². The van der Waals surface area contributed by atoms with Crippen LogP contribution in [0.3, 0.4) is 0 Å². The Bertz CT molecular complexity index is 285. The van der Waals surface area contributed by atoms with Crippen LogP contribution in [0.5, 0.6) is 0 Å². The Morgan fingerprint density at radius 1 is 1.33 bits per heavy atom. The van der Waals surface area contributed by atoms with Crippen LogP contribution < -0.4 is 5.32 Å². The second kappa shape index (κ2) is 11.0. The topological polar surface area (TPSA) is 50.8 Å². The molecule has 0 aromatic rings. The van der Waals surface area contributed by atoms with E-state index in [-0.39, 0.29) is 12.1 Å². The van der Waals surface area contributed by atoms with Crippen molar-refractivity contribution in [1.82, 2.24) is 10.2 Å². The fraction of sp³-hybridized carbons (Fsp3) is 0.938. The monoisotopic (exact) mass is 302 g/mol. The minimum absolute atomic E-state index is 0.179. The third-order valence-corrected chi connectivity index (χ3v) is 3.54. The van der Waals surface area contributed by atoms with E-state index in [1.165, 1.54) is 7.11 Å². The molecule has 0 rings (SSSR count). The van der Waals surface area contributed by atoms with Crippen LogP contribution in [0.15, 0.2) is 0 Å². The number of methoxy groups -OCH3 is 1. The van der Waals surface area contributed by atoms with Crippen LogP contribution in [-0.4, -0.2) is 62.9 Å². The van der Waals surface area contributed by atoms with Gasteiger partial charge >= 0.3 is 5.97 Å². The van der Waals surface area contributed by atoms with E-state index in [0.717, 1.165) is 45.5 Å². The third-order valence-electron chi connectivity index (χ3n) is 3.54. The number of ether oxygens (including phenoxy) is 2. The summed E-state index contributed by atoms with van der Waals surface area (Å²) in [6.07, 6.45) is 2.99. The largest absolute Gasteiger partial charge is 0.468 e. The fourth-order valence-electron chi connectivity index (χ4n) is 2.15. The molecule has 0 saturated carbocycles. The molecule has 0 aliphatic heterocycles. The van der Waals surface area contributed by atoms with Crippen LogP contribution in [0.25, 0.3) is 0 Å².